The monoisotopic (exact) mass is 614 g/mol. The van der Waals surface area contributed by atoms with E-state index in [2.05, 4.69) is 20.3 Å². The van der Waals surface area contributed by atoms with Crippen molar-refractivity contribution < 1.29 is 49.0 Å². The first-order valence-electron chi connectivity index (χ1n) is 11.3. The minimum Gasteiger partial charge on any atom is -0.422 e. The summed E-state index contributed by atoms with van der Waals surface area (Å²) in [6.45, 7) is -0.327. The second-order valence-electron chi connectivity index (χ2n) is 9.22. The summed E-state index contributed by atoms with van der Waals surface area (Å²) in [5.74, 6) is -14.7. The molecular weight excluding hydrogens is 599 g/mol. The molecule has 0 unspecified atom stereocenters. The molecule has 1 N–H and O–H groups in total. The first-order chi connectivity index (χ1) is 18.7. The summed E-state index contributed by atoms with van der Waals surface area (Å²) < 4.78 is 128. The molecule has 1 aromatic carbocycles. The highest BCUT2D eigenvalue weighted by atomic mass is 35.5. The molecule has 0 bridgehead atoms. The smallest absolute Gasteiger partial charge is 0.422 e. The van der Waals surface area contributed by atoms with Crippen molar-refractivity contribution in [1.82, 2.24) is 24.9 Å². The molecule has 0 radical (unpaired) electrons. The van der Waals surface area contributed by atoms with Crippen molar-refractivity contribution in [3.8, 4) is 28.8 Å². The Bertz CT molecular complexity index is 1550. The van der Waals surface area contributed by atoms with Gasteiger partial charge in [-0.05, 0) is 30.5 Å². The molecule has 0 atom stereocenters. The van der Waals surface area contributed by atoms with Crippen molar-refractivity contribution in [3.63, 3.8) is 0 Å². The van der Waals surface area contributed by atoms with Gasteiger partial charge in [0, 0.05) is 25.7 Å². The number of ether oxygens (including phenoxy) is 1. The van der Waals surface area contributed by atoms with Crippen LogP contribution >= 0.6 is 11.6 Å². The summed E-state index contributed by atoms with van der Waals surface area (Å²) in [7, 11) is 0.773. The Morgan fingerprint density at radius 1 is 1.12 bits per heavy atom. The lowest BCUT2D eigenvalue weighted by Gasteiger charge is -2.25. The fourth-order valence-corrected chi connectivity index (χ4v) is 3.74. The predicted octanol–water partition coefficient (Wildman–Crippen LogP) is 5.99. The van der Waals surface area contributed by atoms with E-state index in [4.69, 9.17) is 11.6 Å². The molecule has 1 aliphatic rings. The number of halogens is 10. The van der Waals surface area contributed by atoms with Crippen LogP contribution in [-0.2, 0) is 13.0 Å². The topological polar surface area (TPSA) is 97.8 Å². The van der Waals surface area contributed by atoms with Crippen molar-refractivity contribution in [3.05, 3.63) is 46.9 Å². The maximum Gasteiger partial charge on any atom is 0.464 e. The highest BCUT2D eigenvalue weighted by Gasteiger charge is 2.64. The highest BCUT2D eigenvalue weighted by Crippen LogP contribution is 2.50. The average molecular weight is 615 g/mol. The number of carbonyl (C=O) groups excluding carboxylic acids is 1. The third-order valence-electron chi connectivity index (χ3n) is 6.03. The van der Waals surface area contributed by atoms with Gasteiger partial charge in [0.1, 0.15) is 5.54 Å². The molecule has 220 valence electrons. The summed E-state index contributed by atoms with van der Waals surface area (Å²) >= 11 is 6.11. The lowest BCUT2D eigenvalue weighted by Crippen LogP contribution is -2.44. The molecule has 1 aliphatic carbocycles. The van der Waals surface area contributed by atoms with Gasteiger partial charge in [-0.1, -0.05) is 17.7 Å². The minimum atomic E-state index is -6.36. The maximum atomic E-state index is 14.3. The van der Waals surface area contributed by atoms with Gasteiger partial charge in [0.15, 0.2) is 11.5 Å². The van der Waals surface area contributed by atoms with E-state index in [1.165, 1.54) is 18.2 Å². The molecule has 0 spiro atoms. The van der Waals surface area contributed by atoms with Gasteiger partial charge in [-0.25, -0.2) is 9.36 Å². The summed E-state index contributed by atoms with van der Waals surface area (Å²) in [6, 6.07) is 5.88. The molecular formula is C23H16ClF9N6O2. The zero-order valence-electron chi connectivity index (χ0n) is 20.6. The molecule has 8 nitrogen and oxygen atoms in total. The normalized spacial score (nSPS) is 15.4. The lowest BCUT2D eigenvalue weighted by molar-refractivity contribution is -0.308. The zero-order valence-corrected chi connectivity index (χ0v) is 21.4. The van der Waals surface area contributed by atoms with Crippen LogP contribution in [0.1, 0.15) is 35.8 Å². The van der Waals surface area contributed by atoms with Crippen molar-refractivity contribution in [2.45, 2.75) is 49.4 Å². The Hall–Kier alpha value is -3.94. The fraction of sp³-hybridized carbons (Fsp3) is 0.391. The largest absolute Gasteiger partial charge is 0.464 e. The van der Waals surface area contributed by atoms with E-state index in [1.54, 1.807) is 0 Å². The van der Waals surface area contributed by atoms with Crippen LogP contribution in [0.4, 0.5) is 39.5 Å². The van der Waals surface area contributed by atoms with E-state index >= 15 is 0 Å². The molecule has 41 heavy (non-hydrogen) atoms. The third-order valence-corrected chi connectivity index (χ3v) is 6.36. The Labute approximate surface area is 229 Å². The highest BCUT2D eigenvalue weighted by molar-refractivity contribution is 6.34. The minimum absolute atomic E-state index is 0.0172. The third kappa shape index (κ3) is 5.39. The molecule has 3 aromatic rings. The second-order valence-corrected chi connectivity index (χ2v) is 9.63. The number of nitrogens with one attached hydrogen (secondary N) is 1. The van der Waals surface area contributed by atoms with Crippen molar-refractivity contribution in [2.24, 2.45) is 7.05 Å². The van der Waals surface area contributed by atoms with Crippen LogP contribution in [0.25, 0.3) is 16.9 Å². The number of aromatic nitrogens is 4. The average Bonchev–Trinajstić information content (AvgIpc) is 3.31. The molecule has 0 saturated heterocycles. The number of alkyl halides is 9. The van der Waals surface area contributed by atoms with E-state index in [1.807, 2.05) is 6.07 Å². The van der Waals surface area contributed by atoms with Crippen LogP contribution in [0.5, 0.6) is 5.75 Å². The van der Waals surface area contributed by atoms with Gasteiger partial charge in [-0.3, -0.25) is 4.79 Å². The Kier molecular flexibility index (Phi) is 7.01. The Balaban J connectivity index is 1.80. The Morgan fingerprint density at radius 3 is 2.29 bits per heavy atom. The van der Waals surface area contributed by atoms with Crippen molar-refractivity contribution in [2.75, 3.05) is 0 Å². The van der Waals surface area contributed by atoms with Crippen LogP contribution in [0, 0.1) is 11.3 Å². The standard InChI is InChI=1S/C23H16ClF9N6O2/c1-19(25,26)23(32,33)41-15-16(21(27,28)22(29,30)31)37-38(2)18(15)39-9-12(8-35-39)11-3-4-14(24)13(7-11)17(40)36-20(10-34)5-6-20/h3-4,7-9H,5-6H2,1-2H3,(H,36,40). The van der Waals surface area contributed by atoms with Gasteiger partial charge < -0.3 is 10.1 Å². The number of amides is 1. The van der Waals surface area contributed by atoms with E-state index in [0.29, 0.717) is 17.5 Å². The van der Waals surface area contributed by atoms with E-state index in [9.17, 15) is 49.6 Å². The summed E-state index contributed by atoms with van der Waals surface area (Å²) in [4.78, 5) is 12.7. The number of aryl methyl sites for hydroxylation is 1. The van der Waals surface area contributed by atoms with Crippen molar-refractivity contribution in [1.29, 1.82) is 5.26 Å². The van der Waals surface area contributed by atoms with Gasteiger partial charge in [0.2, 0.25) is 5.75 Å². The lowest BCUT2D eigenvalue weighted by atomic mass is 10.1. The predicted molar refractivity (Wildman–Crippen MR) is 122 cm³/mol. The van der Waals surface area contributed by atoms with Crippen LogP contribution in [0.15, 0.2) is 30.6 Å². The summed E-state index contributed by atoms with van der Waals surface area (Å²) in [5.41, 5.74) is -3.28. The van der Waals surface area contributed by atoms with E-state index in [-0.39, 0.29) is 33.3 Å². The molecule has 1 fully saturated rings. The number of benzene rings is 1. The van der Waals surface area contributed by atoms with Gasteiger partial charge >= 0.3 is 24.1 Å². The van der Waals surface area contributed by atoms with Crippen LogP contribution in [0.2, 0.25) is 5.02 Å². The van der Waals surface area contributed by atoms with E-state index in [0.717, 1.165) is 19.4 Å². The van der Waals surface area contributed by atoms with Crippen molar-refractivity contribution >= 4 is 17.5 Å². The molecule has 2 heterocycles. The molecule has 4 rings (SSSR count). The zero-order chi connectivity index (χ0) is 30.8. The fourth-order valence-electron chi connectivity index (χ4n) is 3.54. The summed E-state index contributed by atoms with van der Waals surface area (Å²) in [6.07, 6.45) is -9.10. The van der Waals surface area contributed by atoms with Gasteiger partial charge in [0.05, 0.1) is 22.9 Å². The SMILES string of the molecule is Cn1nc(C(F)(F)C(F)(F)F)c(OC(F)(F)C(C)(F)F)c1-n1cc(-c2ccc(Cl)c(C(=O)NC3(C#N)CC3)c2)cn1. The van der Waals surface area contributed by atoms with Crippen LogP contribution in [0.3, 0.4) is 0 Å². The molecule has 1 saturated carbocycles. The quantitative estimate of drug-likeness (QED) is 0.314. The molecule has 1 amide bonds. The number of hydrogen-bond acceptors (Lipinski definition) is 5. The van der Waals surface area contributed by atoms with E-state index < -0.39 is 52.8 Å². The number of hydrogen-bond donors (Lipinski definition) is 1. The first-order valence-corrected chi connectivity index (χ1v) is 11.7. The Morgan fingerprint density at radius 2 is 1.76 bits per heavy atom. The second kappa shape index (κ2) is 9.57. The molecule has 2 aromatic heterocycles. The summed E-state index contributed by atoms with van der Waals surface area (Å²) in [5, 5.41) is 18.4. The van der Waals surface area contributed by atoms with Gasteiger partial charge in [0.25, 0.3) is 5.91 Å². The number of rotatable bonds is 8. The van der Waals surface area contributed by atoms with Crippen LogP contribution in [-0.4, -0.2) is 49.2 Å². The number of carbonyl (C=O) groups is 1. The first kappa shape index (κ1) is 30.0. The molecule has 18 heteroatoms. The van der Waals surface area contributed by atoms with Crippen LogP contribution < -0.4 is 10.1 Å². The molecule has 0 aliphatic heterocycles. The number of nitriles is 1. The maximum absolute atomic E-state index is 14.3. The van der Waals surface area contributed by atoms with Gasteiger partial charge in [-0.15, -0.1) is 0 Å². The number of nitrogens with zero attached hydrogens (tertiary/aromatic N) is 5. The van der Waals surface area contributed by atoms with Gasteiger partial charge in [-0.2, -0.15) is 55.0 Å².